The van der Waals surface area contributed by atoms with Crippen LogP contribution in [-0.2, 0) is 0 Å². The summed E-state index contributed by atoms with van der Waals surface area (Å²) in [5, 5.41) is 10.5. The summed E-state index contributed by atoms with van der Waals surface area (Å²) in [5.41, 5.74) is 5.25. The Morgan fingerprint density at radius 1 is 1.47 bits per heavy atom. The van der Waals surface area contributed by atoms with Crippen LogP contribution in [0.1, 0.15) is 0 Å². The van der Waals surface area contributed by atoms with E-state index in [2.05, 4.69) is 9.97 Å². The lowest BCUT2D eigenvalue weighted by Crippen LogP contribution is -2.02. The van der Waals surface area contributed by atoms with Crippen molar-refractivity contribution in [2.24, 2.45) is 0 Å². The number of nitro groups is 1. The van der Waals surface area contributed by atoms with Crippen LogP contribution in [0.25, 0.3) is 5.82 Å². The van der Waals surface area contributed by atoms with Gasteiger partial charge in [0.1, 0.15) is 12.1 Å². The summed E-state index contributed by atoms with van der Waals surface area (Å²) in [6.07, 6.45) is 4.79. The Morgan fingerprint density at radius 3 is 2.80 bits per heavy atom. The number of pyridine rings is 1. The zero-order valence-electron chi connectivity index (χ0n) is 7.57. The molecule has 2 aromatic heterocycles. The monoisotopic (exact) mass is 205 g/mol. The summed E-state index contributed by atoms with van der Waals surface area (Å²) in [4.78, 5) is 17.6. The Morgan fingerprint density at radius 2 is 2.27 bits per heavy atom. The number of hydrogen-bond acceptors (Lipinski definition) is 5. The fraction of sp³-hybridized carbons (Fsp3) is 0. The van der Waals surface area contributed by atoms with E-state index in [1.54, 1.807) is 17.0 Å². The Bertz CT molecular complexity index is 494. The van der Waals surface area contributed by atoms with Crippen molar-refractivity contribution in [2.45, 2.75) is 0 Å². The molecule has 7 heteroatoms. The first kappa shape index (κ1) is 9.13. The number of imidazole rings is 1. The fourth-order valence-electron chi connectivity index (χ4n) is 1.15. The number of rotatable bonds is 2. The zero-order chi connectivity index (χ0) is 10.8. The van der Waals surface area contributed by atoms with E-state index >= 15 is 0 Å². The molecule has 2 rings (SSSR count). The van der Waals surface area contributed by atoms with Crippen LogP contribution in [0.5, 0.6) is 0 Å². The zero-order valence-corrected chi connectivity index (χ0v) is 7.57. The third kappa shape index (κ3) is 1.62. The average molecular weight is 205 g/mol. The number of aromatic nitrogens is 3. The van der Waals surface area contributed by atoms with Crippen LogP contribution in [0, 0.1) is 10.1 Å². The normalized spacial score (nSPS) is 10.1. The highest BCUT2D eigenvalue weighted by molar-refractivity contribution is 5.54. The third-order valence-corrected chi connectivity index (χ3v) is 1.85. The van der Waals surface area contributed by atoms with Crippen molar-refractivity contribution in [1.82, 2.24) is 14.5 Å². The largest absolute Gasteiger partial charge is 0.378 e. The molecule has 0 bridgehead atoms. The maximum absolute atomic E-state index is 10.5. The summed E-state index contributed by atoms with van der Waals surface area (Å²) in [7, 11) is 0. The molecule has 0 unspecified atom stereocenters. The molecule has 0 aromatic carbocycles. The SMILES string of the molecule is Nc1nc(-n2ccnc2)ccc1[N+](=O)[O-]. The van der Waals surface area contributed by atoms with Crippen molar-refractivity contribution in [3.63, 3.8) is 0 Å². The van der Waals surface area contributed by atoms with E-state index in [1.807, 2.05) is 0 Å². The predicted octanol–water partition coefficient (Wildman–Crippen LogP) is 0.758. The van der Waals surface area contributed by atoms with Crippen LogP contribution in [0.3, 0.4) is 0 Å². The van der Waals surface area contributed by atoms with Crippen molar-refractivity contribution in [1.29, 1.82) is 0 Å². The second-order valence-corrected chi connectivity index (χ2v) is 2.80. The van der Waals surface area contributed by atoms with Crippen LogP contribution in [0.4, 0.5) is 11.5 Å². The number of nitrogen functional groups attached to an aromatic ring is 1. The first-order valence-corrected chi connectivity index (χ1v) is 4.08. The van der Waals surface area contributed by atoms with E-state index in [9.17, 15) is 10.1 Å². The van der Waals surface area contributed by atoms with Gasteiger partial charge in [0.25, 0.3) is 0 Å². The van der Waals surface area contributed by atoms with Crippen LogP contribution in [0.2, 0.25) is 0 Å². The minimum Gasteiger partial charge on any atom is -0.378 e. The highest BCUT2D eigenvalue weighted by atomic mass is 16.6. The predicted molar refractivity (Wildman–Crippen MR) is 52.4 cm³/mol. The van der Waals surface area contributed by atoms with Crippen LogP contribution in [0.15, 0.2) is 30.9 Å². The summed E-state index contributed by atoms with van der Waals surface area (Å²) in [5.74, 6) is 0.391. The molecule has 2 N–H and O–H groups in total. The van der Waals surface area contributed by atoms with Gasteiger partial charge >= 0.3 is 5.69 Å². The molecule has 0 amide bonds. The van der Waals surface area contributed by atoms with E-state index in [-0.39, 0.29) is 11.5 Å². The molecule has 0 fully saturated rings. The van der Waals surface area contributed by atoms with E-state index in [4.69, 9.17) is 5.73 Å². The highest BCUT2D eigenvalue weighted by Gasteiger charge is 2.12. The maximum atomic E-state index is 10.5. The van der Waals surface area contributed by atoms with Gasteiger partial charge in [-0.2, -0.15) is 0 Å². The van der Waals surface area contributed by atoms with Gasteiger partial charge < -0.3 is 5.73 Å². The van der Waals surface area contributed by atoms with Gasteiger partial charge in [0, 0.05) is 18.5 Å². The molecular weight excluding hydrogens is 198 g/mol. The minimum absolute atomic E-state index is 0.105. The first-order chi connectivity index (χ1) is 7.18. The van der Waals surface area contributed by atoms with E-state index in [0.717, 1.165) is 0 Å². The van der Waals surface area contributed by atoms with Crippen molar-refractivity contribution >= 4 is 11.5 Å². The molecule has 7 nitrogen and oxygen atoms in total. The van der Waals surface area contributed by atoms with Crippen molar-refractivity contribution in [2.75, 3.05) is 5.73 Å². The quantitative estimate of drug-likeness (QED) is 0.576. The number of nitrogens with zero attached hydrogens (tertiary/aromatic N) is 4. The van der Waals surface area contributed by atoms with E-state index in [1.165, 1.54) is 18.5 Å². The molecule has 2 aromatic rings. The van der Waals surface area contributed by atoms with Gasteiger partial charge in [-0.25, -0.2) is 9.97 Å². The summed E-state index contributed by atoms with van der Waals surface area (Å²) in [6.45, 7) is 0. The molecule has 0 aliphatic carbocycles. The summed E-state index contributed by atoms with van der Waals surface area (Å²) in [6, 6.07) is 2.83. The fourth-order valence-corrected chi connectivity index (χ4v) is 1.15. The number of nitrogens with two attached hydrogens (primary N) is 1. The lowest BCUT2D eigenvalue weighted by Gasteiger charge is -2.01. The summed E-state index contributed by atoms with van der Waals surface area (Å²) >= 11 is 0. The Balaban J connectivity index is 2.47. The van der Waals surface area contributed by atoms with Crippen LogP contribution < -0.4 is 5.73 Å². The molecular formula is C8H7N5O2. The lowest BCUT2D eigenvalue weighted by atomic mass is 10.4. The van der Waals surface area contributed by atoms with Gasteiger partial charge in [0.15, 0.2) is 0 Å². The van der Waals surface area contributed by atoms with Crippen molar-refractivity contribution < 1.29 is 4.92 Å². The van der Waals surface area contributed by atoms with E-state index < -0.39 is 4.92 Å². The van der Waals surface area contributed by atoms with Crippen molar-refractivity contribution in [3.8, 4) is 5.82 Å². The van der Waals surface area contributed by atoms with Gasteiger partial charge in [0.2, 0.25) is 5.82 Å². The number of hydrogen-bond donors (Lipinski definition) is 1. The molecule has 0 atom stereocenters. The minimum atomic E-state index is -0.569. The molecule has 76 valence electrons. The summed E-state index contributed by atoms with van der Waals surface area (Å²) < 4.78 is 1.61. The Labute approximate surface area is 84.3 Å². The first-order valence-electron chi connectivity index (χ1n) is 4.08. The molecule has 0 saturated heterocycles. The second kappa shape index (κ2) is 3.37. The second-order valence-electron chi connectivity index (χ2n) is 2.80. The molecule has 0 spiro atoms. The molecule has 0 aliphatic heterocycles. The average Bonchev–Trinajstić information content (AvgIpc) is 2.69. The van der Waals surface area contributed by atoms with E-state index in [0.29, 0.717) is 5.82 Å². The van der Waals surface area contributed by atoms with Gasteiger partial charge in [-0.1, -0.05) is 0 Å². The van der Waals surface area contributed by atoms with Gasteiger partial charge in [-0.3, -0.25) is 14.7 Å². The lowest BCUT2D eigenvalue weighted by molar-refractivity contribution is -0.384. The number of anilines is 1. The third-order valence-electron chi connectivity index (χ3n) is 1.85. The molecule has 0 saturated carbocycles. The molecule has 0 aliphatic rings. The molecule has 2 heterocycles. The molecule has 15 heavy (non-hydrogen) atoms. The van der Waals surface area contributed by atoms with Gasteiger partial charge in [-0.15, -0.1) is 0 Å². The Hall–Kier alpha value is -2.44. The Kier molecular flexibility index (Phi) is 2.05. The van der Waals surface area contributed by atoms with Gasteiger partial charge in [0.05, 0.1) is 4.92 Å². The smallest absolute Gasteiger partial charge is 0.311 e. The maximum Gasteiger partial charge on any atom is 0.311 e. The molecule has 0 radical (unpaired) electrons. The standard InChI is InChI=1S/C8H7N5O2/c9-8-6(13(14)15)1-2-7(11-8)12-4-3-10-5-12/h1-5H,(H2,9,11). The van der Waals surface area contributed by atoms with Crippen molar-refractivity contribution in [3.05, 3.63) is 41.0 Å². The van der Waals surface area contributed by atoms with Gasteiger partial charge in [-0.05, 0) is 6.07 Å². The van der Waals surface area contributed by atoms with Crippen LogP contribution in [-0.4, -0.2) is 19.5 Å². The van der Waals surface area contributed by atoms with Crippen LogP contribution >= 0.6 is 0 Å². The highest BCUT2D eigenvalue weighted by Crippen LogP contribution is 2.19. The topological polar surface area (TPSA) is 99.9 Å².